The molecule has 0 amide bonds. The van der Waals surface area contributed by atoms with Crippen molar-refractivity contribution in [3.63, 3.8) is 0 Å². The molecule has 108 valence electrons. The highest BCUT2D eigenvalue weighted by molar-refractivity contribution is 5.77. The standard InChI is InChI=1S/C15H16N4O2/c1-11-9-14(15-17-16-10-19(15)18-11)12-3-5-13(6-4-12)21-8-7-20-2/h3-6,9-10H,7-8H2,1-2H3. The topological polar surface area (TPSA) is 61.5 Å². The number of nitrogens with zero attached hydrogens (tertiary/aromatic N) is 4. The molecule has 0 unspecified atom stereocenters. The van der Waals surface area contributed by atoms with E-state index < -0.39 is 0 Å². The van der Waals surface area contributed by atoms with Crippen LogP contribution in [0.2, 0.25) is 0 Å². The molecule has 2 aromatic heterocycles. The highest BCUT2D eigenvalue weighted by Gasteiger charge is 2.08. The van der Waals surface area contributed by atoms with E-state index in [-0.39, 0.29) is 0 Å². The van der Waals surface area contributed by atoms with Crippen LogP contribution in [0, 0.1) is 6.92 Å². The fraction of sp³-hybridized carbons (Fsp3) is 0.267. The summed E-state index contributed by atoms with van der Waals surface area (Å²) in [6.07, 6.45) is 1.61. The minimum Gasteiger partial charge on any atom is -0.491 e. The van der Waals surface area contributed by atoms with Gasteiger partial charge in [0.1, 0.15) is 18.7 Å². The van der Waals surface area contributed by atoms with Gasteiger partial charge in [0, 0.05) is 12.7 Å². The summed E-state index contributed by atoms with van der Waals surface area (Å²) >= 11 is 0. The number of fused-ring (bicyclic) bond motifs is 1. The third kappa shape index (κ3) is 2.85. The maximum atomic E-state index is 5.56. The zero-order valence-corrected chi connectivity index (χ0v) is 12.0. The average molecular weight is 284 g/mol. The van der Waals surface area contributed by atoms with Gasteiger partial charge in [0.25, 0.3) is 0 Å². The first-order chi connectivity index (χ1) is 10.3. The van der Waals surface area contributed by atoms with Crippen molar-refractivity contribution in [3.8, 4) is 16.9 Å². The number of hydrogen-bond donors (Lipinski definition) is 0. The highest BCUT2D eigenvalue weighted by atomic mass is 16.5. The normalized spacial score (nSPS) is 11.0. The van der Waals surface area contributed by atoms with Gasteiger partial charge in [0.05, 0.1) is 12.3 Å². The maximum Gasteiger partial charge on any atom is 0.185 e. The van der Waals surface area contributed by atoms with Gasteiger partial charge < -0.3 is 9.47 Å². The first-order valence-corrected chi connectivity index (χ1v) is 6.68. The highest BCUT2D eigenvalue weighted by Crippen LogP contribution is 2.25. The third-order valence-electron chi connectivity index (χ3n) is 3.11. The van der Waals surface area contributed by atoms with Crippen LogP contribution in [-0.2, 0) is 4.74 Å². The van der Waals surface area contributed by atoms with Gasteiger partial charge in [-0.2, -0.15) is 9.61 Å². The number of aromatic nitrogens is 4. The van der Waals surface area contributed by atoms with E-state index >= 15 is 0 Å². The summed E-state index contributed by atoms with van der Waals surface area (Å²) in [4.78, 5) is 0. The minimum atomic E-state index is 0.540. The lowest BCUT2D eigenvalue weighted by atomic mass is 10.1. The number of benzene rings is 1. The number of methoxy groups -OCH3 is 1. The van der Waals surface area contributed by atoms with E-state index in [2.05, 4.69) is 15.3 Å². The van der Waals surface area contributed by atoms with E-state index in [1.165, 1.54) is 0 Å². The molecule has 0 N–H and O–H groups in total. The lowest BCUT2D eigenvalue weighted by Crippen LogP contribution is -2.04. The summed E-state index contributed by atoms with van der Waals surface area (Å²) in [5, 5.41) is 12.4. The van der Waals surface area contributed by atoms with Crippen LogP contribution in [0.5, 0.6) is 5.75 Å². The molecule has 0 radical (unpaired) electrons. The predicted molar refractivity (Wildman–Crippen MR) is 78.3 cm³/mol. The third-order valence-corrected chi connectivity index (χ3v) is 3.11. The van der Waals surface area contributed by atoms with Crippen molar-refractivity contribution in [1.29, 1.82) is 0 Å². The predicted octanol–water partition coefficient (Wildman–Crippen LogP) is 2.12. The lowest BCUT2D eigenvalue weighted by molar-refractivity contribution is 0.146. The molecule has 3 rings (SSSR count). The van der Waals surface area contributed by atoms with Gasteiger partial charge in [-0.1, -0.05) is 12.1 Å². The van der Waals surface area contributed by atoms with Crippen molar-refractivity contribution in [2.75, 3.05) is 20.3 Å². The SMILES string of the molecule is COCCOc1ccc(-c2cc(C)nn3cnnc23)cc1. The molecule has 0 saturated carbocycles. The van der Waals surface area contributed by atoms with Crippen LogP contribution in [-0.4, -0.2) is 40.1 Å². The van der Waals surface area contributed by atoms with E-state index in [1.807, 2.05) is 37.3 Å². The van der Waals surface area contributed by atoms with Crippen molar-refractivity contribution in [2.24, 2.45) is 0 Å². The molecule has 2 heterocycles. The van der Waals surface area contributed by atoms with Crippen LogP contribution in [0.1, 0.15) is 5.69 Å². The molecule has 0 aliphatic carbocycles. The van der Waals surface area contributed by atoms with Crippen LogP contribution in [0.4, 0.5) is 0 Å². The number of rotatable bonds is 5. The van der Waals surface area contributed by atoms with Gasteiger partial charge in [0.15, 0.2) is 5.65 Å². The average Bonchev–Trinajstić information content (AvgIpc) is 2.95. The summed E-state index contributed by atoms with van der Waals surface area (Å²) < 4.78 is 12.2. The summed E-state index contributed by atoms with van der Waals surface area (Å²) in [6.45, 7) is 3.06. The Bertz CT molecular complexity index is 737. The Hall–Kier alpha value is -2.47. The Kier molecular flexibility index (Phi) is 3.79. The number of hydrogen-bond acceptors (Lipinski definition) is 5. The van der Waals surface area contributed by atoms with Gasteiger partial charge in [-0.05, 0) is 30.7 Å². The molecule has 1 aromatic carbocycles. The molecule has 0 aliphatic rings. The van der Waals surface area contributed by atoms with Crippen LogP contribution < -0.4 is 4.74 Å². The second-order valence-corrected chi connectivity index (χ2v) is 4.66. The Morgan fingerprint density at radius 3 is 2.71 bits per heavy atom. The zero-order valence-electron chi connectivity index (χ0n) is 12.0. The smallest absolute Gasteiger partial charge is 0.185 e. The Balaban J connectivity index is 1.90. The molecule has 21 heavy (non-hydrogen) atoms. The van der Waals surface area contributed by atoms with Crippen LogP contribution in [0.25, 0.3) is 16.8 Å². The van der Waals surface area contributed by atoms with Crippen molar-refractivity contribution >= 4 is 5.65 Å². The quantitative estimate of drug-likeness (QED) is 0.672. The van der Waals surface area contributed by atoms with Gasteiger partial charge >= 0.3 is 0 Å². The molecule has 6 heteroatoms. The van der Waals surface area contributed by atoms with Crippen LogP contribution in [0.3, 0.4) is 0 Å². The number of aryl methyl sites for hydroxylation is 1. The van der Waals surface area contributed by atoms with Gasteiger partial charge in [0.2, 0.25) is 0 Å². The maximum absolute atomic E-state index is 5.56. The van der Waals surface area contributed by atoms with Crippen molar-refractivity contribution in [3.05, 3.63) is 42.4 Å². The van der Waals surface area contributed by atoms with Crippen LogP contribution in [0.15, 0.2) is 36.7 Å². The molecule has 3 aromatic rings. The van der Waals surface area contributed by atoms with Crippen LogP contribution >= 0.6 is 0 Å². The Morgan fingerprint density at radius 2 is 1.95 bits per heavy atom. The van der Waals surface area contributed by atoms with E-state index in [4.69, 9.17) is 9.47 Å². The fourth-order valence-corrected chi connectivity index (χ4v) is 2.14. The second-order valence-electron chi connectivity index (χ2n) is 4.66. The summed E-state index contributed by atoms with van der Waals surface area (Å²) in [5.74, 6) is 0.819. The van der Waals surface area contributed by atoms with E-state index in [0.717, 1.165) is 28.2 Å². The summed E-state index contributed by atoms with van der Waals surface area (Å²) in [7, 11) is 1.65. The largest absolute Gasteiger partial charge is 0.491 e. The van der Waals surface area contributed by atoms with Gasteiger partial charge in [-0.3, -0.25) is 0 Å². The molecule has 0 bridgehead atoms. The fourth-order valence-electron chi connectivity index (χ4n) is 2.14. The first kappa shape index (κ1) is 13.5. The molecular formula is C15H16N4O2. The molecule has 0 saturated heterocycles. The molecular weight excluding hydrogens is 268 g/mol. The monoisotopic (exact) mass is 284 g/mol. The Morgan fingerprint density at radius 1 is 1.14 bits per heavy atom. The lowest BCUT2D eigenvalue weighted by Gasteiger charge is -2.08. The molecule has 0 atom stereocenters. The summed E-state index contributed by atoms with van der Waals surface area (Å²) in [5.41, 5.74) is 3.72. The van der Waals surface area contributed by atoms with Crippen molar-refractivity contribution < 1.29 is 9.47 Å². The van der Waals surface area contributed by atoms with Gasteiger partial charge in [-0.15, -0.1) is 10.2 Å². The molecule has 0 aliphatic heterocycles. The Labute approximate surface area is 122 Å². The minimum absolute atomic E-state index is 0.540. The van der Waals surface area contributed by atoms with E-state index in [0.29, 0.717) is 13.2 Å². The van der Waals surface area contributed by atoms with Crippen molar-refractivity contribution in [2.45, 2.75) is 6.92 Å². The second kappa shape index (κ2) is 5.88. The first-order valence-electron chi connectivity index (χ1n) is 6.68. The van der Waals surface area contributed by atoms with E-state index in [9.17, 15) is 0 Å². The molecule has 0 fully saturated rings. The van der Waals surface area contributed by atoms with E-state index in [1.54, 1.807) is 18.0 Å². The molecule has 0 spiro atoms. The number of ether oxygens (including phenoxy) is 2. The molecule has 6 nitrogen and oxygen atoms in total. The summed E-state index contributed by atoms with van der Waals surface area (Å²) in [6, 6.07) is 9.89. The van der Waals surface area contributed by atoms with Crippen molar-refractivity contribution in [1.82, 2.24) is 19.8 Å². The van der Waals surface area contributed by atoms with Gasteiger partial charge in [-0.25, -0.2) is 0 Å². The zero-order chi connectivity index (χ0) is 14.7.